The van der Waals surface area contributed by atoms with Crippen molar-refractivity contribution in [1.82, 2.24) is 5.32 Å². The highest BCUT2D eigenvalue weighted by molar-refractivity contribution is 5.66. The predicted octanol–water partition coefficient (Wildman–Crippen LogP) is 1.80. The van der Waals surface area contributed by atoms with Crippen LogP contribution in [0.5, 0.6) is 0 Å². The molecule has 9 nitrogen and oxygen atoms in total. The van der Waals surface area contributed by atoms with Gasteiger partial charge in [0.25, 0.3) is 12.2 Å². The van der Waals surface area contributed by atoms with Crippen LogP contribution in [0.2, 0.25) is 0 Å². The molecule has 3 rings (SSSR count). The number of nitro benzene ring substituents is 1. The topological polar surface area (TPSA) is 97.2 Å². The normalized spacial score (nSPS) is 17.4. The Morgan fingerprint density at radius 3 is 2.04 bits per heavy atom. The zero-order chi connectivity index (χ0) is 20.6. The van der Waals surface area contributed by atoms with E-state index in [1.807, 2.05) is 20.8 Å². The molecule has 28 heavy (non-hydrogen) atoms. The van der Waals surface area contributed by atoms with Crippen molar-refractivity contribution in [2.24, 2.45) is 0 Å². The van der Waals surface area contributed by atoms with Crippen LogP contribution in [0.25, 0.3) is 0 Å². The number of ether oxygens (including phenoxy) is 2. The molecule has 2 fully saturated rings. The molecule has 0 atom stereocenters. The molecule has 156 valence electrons. The third kappa shape index (κ3) is 6.97. The molecule has 2 saturated heterocycles. The molecule has 0 aromatic heterocycles. The standard InChI is InChI=1S/C14H20N4O3.C5H10O2/c19-18(20)14-10-12(16-3-1-15-2-4-16)9-13(11-14)17-5-7-21-8-6-17;1-5(2,3)7-4-6/h9-11,15H,1-8H2;4H,1-3H3. The van der Waals surface area contributed by atoms with Gasteiger partial charge in [-0.3, -0.25) is 14.9 Å². The second-order valence-corrected chi connectivity index (χ2v) is 7.63. The summed E-state index contributed by atoms with van der Waals surface area (Å²) in [7, 11) is 0. The summed E-state index contributed by atoms with van der Waals surface area (Å²) in [5.41, 5.74) is 1.70. The van der Waals surface area contributed by atoms with Crippen LogP contribution in [-0.2, 0) is 14.3 Å². The molecule has 0 spiro atoms. The van der Waals surface area contributed by atoms with E-state index in [1.165, 1.54) is 0 Å². The van der Waals surface area contributed by atoms with E-state index in [4.69, 9.17) is 4.74 Å². The molecule has 1 aromatic rings. The van der Waals surface area contributed by atoms with Crippen LogP contribution >= 0.6 is 0 Å². The molecule has 1 N–H and O–H groups in total. The van der Waals surface area contributed by atoms with Gasteiger partial charge in [-0.25, -0.2) is 0 Å². The average molecular weight is 394 g/mol. The number of carbonyl (C=O) groups excluding carboxylic acids is 1. The number of nitro groups is 1. The molecule has 0 bridgehead atoms. The van der Waals surface area contributed by atoms with Crippen molar-refractivity contribution in [3.05, 3.63) is 28.3 Å². The van der Waals surface area contributed by atoms with Gasteiger partial charge in [-0.2, -0.15) is 0 Å². The number of benzene rings is 1. The second-order valence-electron chi connectivity index (χ2n) is 7.63. The minimum absolute atomic E-state index is 0.160. The van der Waals surface area contributed by atoms with Crippen LogP contribution < -0.4 is 15.1 Å². The molecule has 9 heteroatoms. The maximum Gasteiger partial charge on any atom is 0.293 e. The minimum atomic E-state index is -0.318. The fraction of sp³-hybridized carbons (Fsp3) is 0.632. The van der Waals surface area contributed by atoms with Gasteiger partial charge in [-0.1, -0.05) is 0 Å². The second kappa shape index (κ2) is 10.2. The quantitative estimate of drug-likeness (QED) is 0.469. The van der Waals surface area contributed by atoms with Crippen molar-refractivity contribution in [3.8, 4) is 0 Å². The SMILES string of the molecule is CC(C)(C)OC=O.O=[N+]([O-])c1cc(N2CCNCC2)cc(N2CCOCC2)c1. The predicted molar refractivity (Wildman–Crippen MR) is 108 cm³/mol. The van der Waals surface area contributed by atoms with E-state index >= 15 is 0 Å². The third-order valence-electron chi connectivity index (χ3n) is 4.36. The molecule has 0 unspecified atom stereocenters. The first-order valence-electron chi connectivity index (χ1n) is 9.49. The summed E-state index contributed by atoms with van der Waals surface area (Å²) in [6.07, 6.45) is 0. The van der Waals surface area contributed by atoms with E-state index in [9.17, 15) is 14.9 Å². The van der Waals surface area contributed by atoms with Gasteiger partial charge in [0.05, 0.1) is 18.1 Å². The van der Waals surface area contributed by atoms with Crippen molar-refractivity contribution in [1.29, 1.82) is 0 Å². The lowest BCUT2D eigenvalue weighted by atomic mass is 10.2. The highest BCUT2D eigenvalue weighted by Crippen LogP contribution is 2.30. The molecular formula is C19H30N4O5. The van der Waals surface area contributed by atoms with E-state index in [-0.39, 0.29) is 16.2 Å². The Labute approximate surface area is 165 Å². The molecule has 0 amide bonds. The number of rotatable bonds is 4. The van der Waals surface area contributed by atoms with Crippen LogP contribution in [0.3, 0.4) is 0 Å². The molecule has 2 aliphatic rings. The van der Waals surface area contributed by atoms with Gasteiger partial charge in [-0.15, -0.1) is 0 Å². The van der Waals surface area contributed by atoms with Crippen LogP contribution in [0.15, 0.2) is 18.2 Å². The first-order valence-corrected chi connectivity index (χ1v) is 9.49. The number of nitrogens with one attached hydrogen (secondary N) is 1. The fourth-order valence-electron chi connectivity index (χ4n) is 2.94. The molecule has 0 saturated carbocycles. The lowest BCUT2D eigenvalue weighted by Gasteiger charge is -2.32. The van der Waals surface area contributed by atoms with Gasteiger partial charge < -0.3 is 24.6 Å². The van der Waals surface area contributed by atoms with Crippen molar-refractivity contribution in [2.45, 2.75) is 26.4 Å². The van der Waals surface area contributed by atoms with E-state index in [1.54, 1.807) is 12.1 Å². The van der Waals surface area contributed by atoms with Gasteiger partial charge in [0, 0.05) is 62.8 Å². The highest BCUT2D eigenvalue weighted by atomic mass is 16.6. The summed E-state index contributed by atoms with van der Waals surface area (Å²) < 4.78 is 9.90. The smallest absolute Gasteiger partial charge is 0.293 e. The lowest BCUT2D eigenvalue weighted by molar-refractivity contribution is -0.384. The van der Waals surface area contributed by atoms with Gasteiger partial charge in [0.1, 0.15) is 5.60 Å². The lowest BCUT2D eigenvalue weighted by Crippen LogP contribution is -2.43. The Balaban J connectivity index is 0.000000345. The van der Waals surface area contributed by atoms with E-state index in [2.05, 4.69) is 25.9 Å². The Kier molecular flexibility index (Phi) is 8.01. The Morgan fingerprint density at radius 2 is 1.61 bits per heavy atom. The Bertz CT molecular complexity index is 614. The summed E-state index contributed by atoms with van der Waals surface area (Å²) in [5.74, 6) is 0. The number of morpholine rings is 1. The maximum atomic E-state index is 11.2. The number of hydrogen-bond acceptors (Lipinski definition) is 8. The van der Waals surface area contributed by atoms with Crippen LogP contribution in [-0.4, -0.2) is 69.5 Å². The zero-order valence-corrected chi connectivity index (χ0v) is 16.8. The number of hydrogen-bond donors (Lipinski definition) is 1. The number of nitrogens with zero attached hydrogens (tertiary/aromatic N) is 3. The van der Waals surface area contributed by atoms with Crippen molar-refractivity contribution < 1.29 is 19.2 Å². The molecule has 1 aromatic carbocycles. The van der Waals surface area contributed by atoms with Gasteiger partial charge in [0.15, 0.2) is 0 Å². The summed E-state index contributed by atoms with van der Waals surface area (Å²) in [5, 5.41) is 14.5. The number of piperazine rings is 1. The summed E-state index contributed by atoms with van der Waals surface area (Å²) in [6, 6.07) is 5.40. The van der Waals surface area contributed by atoms with Gasteiger partial charge in [-0.05, 0) is 26.8 Å². The Morgan fingerprint density at radius 1 is 1.07 bits per heavy atom. The number of anilines is 2. The first kappa shape index (κ1) is 21.9. The highest BCUT2D eigenvalue weighted by Gasteiger charge is 2.19. The molecule has 2 aliphatic heterocycles. The first-order chi connectivity index (χ1) is 13.3. The van der Waals surface area contributed by atoms with Crippen molar-refractivity contribution in [3.63, 3.8) is 0 Å². The Hall–Kier alpha value is -2.39. The summed E-state index contributed by atoms with van der Waals surface area (Å²) in [6.45, 7) is 12.4. The van der Waals surface area contributed by atoms with E-state index in [0.29, 0.717) is 19.7 Å². The molecule has 0 radical (unpaired) electrons. The van der Waals surface area contributed by atoms with Crippen molar-refractivity contribution in [2.75, 3.05) is 62.3 Å². The molecule has 0 aliphatic carbocycles. The van der Waals surface area contributed by atoms with Gasteiger partial charge in [0.2, 0.25) is 0 Å². The van der Waals surface area contributed by atoms with Crippen molar-refractivity contribution >= 4 is 23.5 Å². The number of carbonyl (C=O) groups is 1. The molecule has 2 heterocycles. The largest absolute Gasteiger partial charge is 0.462 e. The summed E-state index contributed by atoms with van der Waals surface area (Å²) >= 11 is 0. The zero-order valence-electron chi connectivity index (χ0n) is 16.8. The van der Waals surface area contributed by atoms with Gasteiger partial charge >= 0.3 is 0 Å². The van der Waals surface area contributed by atoms with E-state index in [0.717, 1.165) is 50.6 Å². The van der Waals surface area contributed by atoms with Crippen LogP contribution in [0, 0.1) is 10.1 Å². The monoisotopic (exact) mass is 394 g/mol. The minimum Gasteiger partial charge on any atom is -0.462 e. The average Bonchev–Trinajstić information content (AvgIpc) is 2.68. The van der Waals surface area contributed by atoms with Crippen LogP contribution in [0.4, 0.5) is 17.1 Å². The van der Waals surface area contributed by atoms with Crippen LogP contribution in [0.1, 0.15) is 20.8 Å². The number of non-ortho nitro benzene ring substituents is 1. The van der Waals surface area contributed by atoms with E-state index < -0.39 is 0 Å². The summed E-state index contributed by atoms with van der Waals surface area (Å²) in [4.78, 5) is 24.8. The third-order valence-corrected chi connectivity index (χ3v) is 4.36. The fourth-order valence-corrected chi connectivity index (χ4v) is 2.94. The molecular weight excluding hydrogens is 364 g/mol. The maximum absolute atomic E-state index is 11.2.